The number of hydrogen-bond donors (Lipinski definition) is 1. The van der Waals surface area contributed by atoms with Gasteiger partial charge in [-0.05, 0) is 62.8 Å². The Balaban J connectivity index is 1.81. The van der Waals surface area contributed by atoms with E-state index in [1.165, 1.54) is 0 Å². The van der Waals surface area contributed by atoms with Crippen LogP contribution in [-0.4, -0.2) is 31.6 Å². The fourth-order valence-electron chi connectivity index (χ4n) is 5.08. The average Bonchev–Trinajstić information content (AvgIpc) is 2.86. The number of ketones is 1. The summed E-state index contributed by atoms with van der Waals surface area (Å²) in [7, 11) is 1.59. The minimum atomic E-state index is -0.550. The molecular weight excluding hydrogens is 454 g/mol. The molecule has 1 aliphatic carbocycles. The summed E-state index contributed by atoms with van der Waals surface area (Å²) in [4.78, 5) is 27.0. The molecule has 6 nitrogen and oxygen atoms in total. The molecule has 0 amide bonds. The topological polar surface area (TPSA) is 73.9 Å². The number of nitrogens with one attached hydrogen (secondary N) is 1. The van der Waals surface area contributed by atoms with Crippen LogP contribution in [0, 0.1) is 0 Å². The average molecular weight is 490 g/mol. The van der Waals surface area contributed by atoms with E-state index in [0.29, 0.717) is 47.8 Å². The summed E-state index contributed by atoms with van der Waals surface area (Å²) in [6, 6.07) is 15.8. The fraction of sp³-hybridized carbons (Fsp3) is 0.400. The second kappa shape index (κ2) is 11.0. The van der Waals surface area contributed by atoms with Gasteiger partial charge in [0.15, 0.2) is 17.3 Å². The molecule has 0 saturated heterocycles. The van der Waals surface area contributed by atoms with Crippen LogP contribution in [0.2, 0.25) is 0 Å². The van der Waals surface area contributed by atoms with Crippen molar-refractivity contribution in [2.75, 3.05) is 13.7 Å². The van der Waals surface area contributed by atoms with E-state index in [1.54, 1.807) is 7.11 Å². The van der Waals surface area contributed by atoms with Crippen molar-refractivity contribution in [1.82, 2.24) is 5.32 Å². The van der Waals surface area contributed by atoms with Crippen LogP contribution < -0.4 is 14.8 Å². The molecule has 0 spiro atoms. The zero-order valence-electron chi connectivity index (χ0n) is 21.7. The van der Waals surface area contributed by atoms with Gasteiger partial charge in [-0.15, -0.1) is 0 Å². The summed E-state index contributed by atoms with van der Waals surface area (Å²) in [5.74, 6) is 0.358. The second-order valence-corrected chi connectivity index (χ2v) is 9.64. The highest BCUT2D eigenvalue weighted by Crippen LogP contribution is 2.47. The molecule has 1 heterocycles. The lowest BCUT2D eigenvalue weighted by atomic mass is 9.71. The van der Waals surface area contributed by atoms with E-state index in [-0.39, 0.29) is 17.8 Å². The van der Waals surface area contributed by atoms with Crippen molar-refractivity contribution in [2.45, 2.75) is 64.9 Å². The Labute approximate surface area is 213 Å². The van der Waals surface area contributed by atoms with Crippen LogP contribution in [0.15, 0.2) is 71.1 Å². The Bertz CT molecular complexity index is 1200. The van der Waals surface area contributed by atoms with Crippen LogP contribution in [0.3, 0.4) is 0 Å². The monoisotopic (exact) mass is 489 g/mol. The number of Topliss-reactive ketones (excluding diaryl/α,β-unsaturated/α-hetero) is 1. The SMILES string of the molecule is CCCOc1ccc([C@@H]2C(C(=O)OC(C)C)=C(C)NC3=C2C(=O)C[C@H](c2ccccc2)C3)cc1OC. The van der Waals surface area contributed by atoms with E-state index in [4.69, 9.17) is 14.2 Å². The minimum absolute atomic E-state index is 0.0372. The first-order chi connectivity index (χ1) is 17.3. The van der Waals surface area contributed by atoms with Crippen molar-refractivity contribution >= 4 is 11.8 Å². The molecule has 2 aromatic carbocycles. The van der Waals surface area contributed by atoms with Crippen molar-refractivity contribution in [3.8, 4) is 11.5 Å². The molecule has 0 aromatic heterocycles. The van der Waals surface area contributed by atoms with Crippen LogP contribution >= 0.6 is 0 Å². The Kier molecular flexibility index (Phi) is 7.82. The summed E-state index contributed by atoms with van der Waals surface area (Å²) < 4.78 is 17.1. The highest BCUT2D eigenvalue weighted by molar-refractivity contribution is 6.04. The van der Waals surface area contributed by atoms with Crippen molar-refractivity contribution in [3.05, 3.63) is 82.2 Å². The maximum absolute atomic E-state index is 13.7. The Hall–Kier alpha value is -3.54. The molecule has 190 valence electrons. The van der Waals surface area contributed by atoms with Crippen molar-refractivity contribution in [3.63, 3.8) is 0 Å². The van der Waals surface area contributed by atoms with E-state index < -0.39 is 11.9 Å². The maximum Gasteiger partial charge on any atom is 0.337 e. The summed E-state index contributed by atoms with van der Waals surface area (Å²) in [6.45, 7) is 8.14. The molecule has 4 rings (SSSR count). The molecule has 1 aliphatic heterocycles. The van der Waals surface area contributed by atoms with Crippen molar-refractivity contribution < 1.29 is 23.8 Å². The number of dihydropyridines is 1. The van der Waals surface area contributed by atoms with Gasteiger partial charge in [-0.1, -0.05) is 43.3 Å². The lowest BCUT2D eigenvalue weighted by Crippen LogP contribution is -2.36. The quantitative estimate of drug-likeness (QED) is 0.473. The fourth-order valence-corrected chi connectivity index (χ4v) is 5.08. The maximum atomic E-state index is 13.7. The van der Waals surface area contributed by atoms with Gasteiger partial charge >= 0.3 is 5.97 Å². The molecule has 2 atom stereocenters. The number of carbonyl (C=O) groups is 2. The Morgan fingerprint density at radius 1 is 1.06 bits per heavy atom. The Morgan fingerprint density at radius 3 is 2.47 bits per heavy atom. The number of allylic oxidation sites excluding steroid dienone is 3. The third-order valence-electron chi connectivity index (χ3n) is 6.64. The highest BCUT2D eigenvalue weighted by atomic mass is 16.5. The third kappa shape index (κ3) is 5.18. The molecule has 0 radical (unpaired) electrons. The van der Waals surface area contributed by atoms with E-state index in [0.717, 1.165) is 23.2 Å². The summed E-state index contributed by atoms with van der Waals surface area (Å²) in [5, 5.41) is 3.40. The predicted octanol–water partition coefficient (Wildman–Crippen LogP) is 5.80. The van der Waals surface area contributed by atoms with E-state index in [9.17, 15) is 9.59 Å². The molecule has 2 aromatic rings. The van der Waals surface area contributed by atoms with Crippen molar-refractivity contribution in [2.24, 2.45) is 0 Å². The summed E-state index contributed by atoms with van der Waals surface area (Å²) >= 11 is 0. The van der Waals surface area contributed by atoms with Gasteiger partial charge in [0.05, 0.1) is 25.4 Å². The number of ether oxygens (including phenoxy) is 3. The van der Waals surface area contributed by atoms with Gasteiger partial charge in [0.1, 0.15) is 0 Å². The normalized spacial score (nSPS) is 19.7. The molecule has 2 aliphatic rings. The summed E-state index contributed by atoms with van der Waals surface area (Å²) in [5.41, 5.74) is 4.60. The zero-order valence-corrected chi connectivity index (χ0v) is 21.7. The molecule has 0 unspecified atom stereocenters. The van der Waals surface area contributed by atoms with Gasteiger partial charge in [0.25, 0.3) is 0 Å². The largest absolute Gasteiger partial charge is 0.493 e. The first-order valence-electron chi connectivity index (χ1n) is 12.6. The molecule has 0 fully saturated rings. The smallest absolute Gasteiger partial charge is 0.337 e. The van der Waals surface area contributed by atoms with Crippen LogP contribution in [-0.2, 0) is 14.3 Å². The summed E-state index contributed by atoms with van der Waals surface area (Å²) in [6.07, 6.45) is 1.68. The zero-order chi connectivity index (χ0) is 25.8. The van der Waals surface area contributed by atoms with Gasteiger partial charge < -0.3 is 19.5 Å². The van der Waals surface area contributed by atoms with E-state index in [1.807, 2.05) is 64.1 Å². The Morgan fingerprint density at radius 2 is 1.81 bits per heavy atom. The van der Waals surface area contributed by atoms with Crippen LogP contribution in [0.4, 0.5) is 0 Å². The molecular formula is C30H35NO5. The van der Waals surface area contributed by atoms with Gasteiger partial charge in [-0.2, -0.15) is 0 Å². The predicted molar refractivity (Wildman–Crippen MR) is 139 cm³/mol. The molecule has 6 heteroatoms. The van der Waals surface area contributed by atoms with E-state index in [2.05, 4.69) is 17.4 Å². The lowest BCUT2D eigenvalue weighted by Gasteiger charge is -2.37. The van der Waals surface area contributed by atoms with Gasteiger partial charge in [-0.3, -0.25) is 4.79 Å². The van der Waals surface area contributed by atoms with Gasteiger partial charge in [-0.25, -0.2) is 4.79 Å². The van der Waals surface area contributed by atoms with E-state index >= 15 is 0 Å². The van der Waals surface area contributed by atoms with Crippen LogP contribution in [0.25, 0.3) is 0 Å². The van der Waals surface area contributed by atoms with Crippen LogP contribution in [0.5, 0.6) is 11.5 Å². The minimum Gasteiger partial charge on any atom is -0.493 e. The molecule has 36 heavy (non-hydrogen) atoms. The number of esters is 1. The number of rotatable bonds is 8. The van der Waals surface area contributed by atoms with Crippen molar-refractivity contribution in [1.29, 1.82) is 0 Å². The molecule has 0 saturated carbocycles. The first kappa shape index (κ1) is 25.5. The third-order valence-corrected chi connectivity index (χ3v) is 6.64. The molecule has 0 bridgehead atoms. The van der Waals surface area contributed by atoms with Gasteiger partial charge in [0.2, 0.25) is 0 Å². The first-order valence-corrected chi connectivity index (χ1v) is 12.6. The van der Waals surface area contributed by atoms with Gasteiger partial charge in [0, 0.05) is 29.3 Å². The second-order valence-electron chi connectivity index (χ2n) is 9.64. The number of methoxy groups -OCH3 is 1. The standard InChI is InChI=1S/C30H35NO5/c1-6-14-35-25-13-12-21(17-26(25)34-5)28-27(30(33)36-18(2)3)19(4)31-23-15-22(16-24(32)29(23)28)20-10-8-7-9-11-20/h7-13,17-18,22,28,31H,6,14-16H2,1-5H3/t22-,28-/m1/s1. The van der Waals surface area contributed by atoms with Crippen LogP contribution in [0.1, 0.15) is 69.9 Å². The number of hydrogen-bond acceptors (Lipinski definition) is 6. The molecule has 1 N–H and O–H groups in total. The number of carbonyl (C=O) groups excluding carboxylic acids is 2. The lowest BCUT2D eigenvalue weighted by molar-refractivity contribution is -0.143. The number of benzene rings is 2. The highest BCUT2D eigenvalue weighted by Gasteiger charge is 2.41.